The summed E-state index contributed by atoms with van der Waals surface area (Å²) in [6.07, 6.45) is 3.17. The number of benzene rings is 2. The first-order valence-corrected chi connectivity index (χ1v) is 11.0. The summed E-state index contributed by atoms with van der Waals surface area (Å²) >= 11 is 0. The Balaban J connectivity index is 1.56. The number of nitrogens with zero attached hydrogens (tertiary/aromatic N) is 2. The number of hydrogen-bond donors (Lipinski definition) is 0. The summed E-state index contributed by atoms with van der Waals surface area (Å²) < 4.78 is 33.3. The number of carbonyl (C=O) groups is 1. The van der Waals surface area contributed by atoms with Crippen LogP contribution in [-0.4, -0.2) is 38.3 Å². The molecule has 1 aliphatic carbocycles. The Morgan fingerprint density at radius 1 is 1.07 bits per heavy atom. The van der Waals surface area contributed by atoms with E-state index >= 15 is 0 Å². The molecule has 1 saturated heterocycles. The molecular weight excluding hydrogens is 376 g/mol. The van der Waals surface area contributed by atoms with Gasteiger partial charge in [0.1, 0.15) is 5.75 Å². The van der Waals surface area contributed by atoms with E-state index in [1.807, 2.05) is 24.3 Å². The van der Waals surface area contributed by atoms with E-state index in [9.17, 15) is 13.2 Å². The van der Waals surface area contributed by atoms with Crippen molar-refractivity contribution in [2.75, 3.05) is 18.6 Å². The molecule has 4 rings (SSSR count). The molecule has 28 heavy (non-hydrogen) atoms. The fraction of sp³-hybridized carbons (Fsp3) is 0.381. The molecule has 0 radical (unpaired) electrons. The molecule has 7 heteroatoms. The first kappa shape index (κ1) is 19.0. The van der Waals surface area contributed by atoms with Gasteiger partial charge in [0.2, 0.25) is 15.9 Å². The highest BCUT2D eigenvalue weighted by molar-refractivity contribution is 7.89. The largest absolute Gasteiger partial charge is 0.497 e. The summed E-state index contributed by atoms with van der Waals surface area (Å²) in [5.74, 6) is 0.839. The second-order valence-corrected chi connectivity index (χ2v) is 9.16. The van der Waals surface area contributed by atoms with E-state index in [1.165, 1.54) is 0 Å². The van der Waals surface area contributed by atoms with E-state index < -0.39 is 10.0 Å². The third kappa shape index (κ3) is 3.77. The Morgan fingerprint density at radius 3 is 2.29 bits per heavy atom. The minimum absolute atomic E-state index is 0.0481. The van der Waals surface area contributed by atoms with Crippen molar-refractivity contribution in [3.8, 4) is 5.75 Å². The van der Waals surface area contributed by atoms with Crippen LogP contribution in [-0.2, 0) is 21.4 Å². The van der Waals surface area contributed by atoms with E-state index in [4.69, 9.17) is 4.74 Å². The molecule has 1 aliphatic heterocycles. The summed E-state index contributed by atoms with van der Waals surface area (Å²) in [5.41, 5.74) is 1.69. The molecule has 0 aromatic heterocycles. The quantitative estimate of drug-likeness (QED) is 0.716. The predicted octanol–water partition coefficient (Wildman–Crippen LogP) is 3.18. The first-order chi connectivity index (χ1) is 13.5. The van der Waals surface area contributed by atoms with Crippen LogP contribution < -0.4 is 9.64 Å². The van der Waals surface area contributed by atoms with Gasteiger partial charge in [0.05, 0.1) is 12.0 Å². The molecule has 0 N–H and O–H groups in total. The number of carbonyl (C=O) groups excluding carboxylic acids is 1. The lowest BCUT2D eigenvalue weighted by molar-refractivity contribution is -0.117. The van der Waals surface area contributed by atoms with Gasteiger partial charge >= 0.3 is 0 Å². The normalized spacial score (nSPS) is 17.4. The number of methoxy groups -OCH3 is 1. The number of anilines is 1. The van der Waals surface area contributed by atoms with Crippen LogP contribution in [0.4, 0.5) is 5.69 Å². The number of sulfonamides is 1. The summed E-state index contributed by atoms with van der Waals surface area (Å²) in [7, 11) is -2.00. The molecule has 1 amide bonds. The van der Waals surface area contributed by atoms with Gasteiger partial charge in [-0.3, -0.25) is 4.79 Å². The second-order valence-electron chi connectivity index (χ2n) is 7.27. The molecule has 2 aromatic carbocycles. The van der Waals surface area contributed by atoms with E-state index in [0.717, 1.165) is 36.3 Å². The minimum Gasteiger partial charge on any atom is -0.497 e. The molecule has 0 atom stereocenters. The topological polar surface area (TPSA) is 66.9 Å². The lowest BCUT2D eigenvalue weighted by Crippen LogP contribution is -2.32. The second kappa shape index (κ2) is 7.56. The summed E-state index contributed by atoms with van der Waals surface area (Å²) in [5, 5.41) is 0. The van der Waals surface area contributed by atoms with Gasteiger partial charge in [-0.05, 0) is 61.2 Å². The lowest BCUT2D eigenvalue weighted by Gasteiger charge is -2.23. The van der Waals surface area contributed by atoms with Gasteiger partial charge in [0.25, 0.3) is 0 Å². The fourth-order valence-electron chi connectivity index (χ4n) is 3.54. The van der Waals surface area contributed by atoms with Crippen molar-refractivity contribution in [1.82, 2.24) is 4.31 Å². The summed E-state index contributed by atoms with van der Waals surface area (Å²) in [6.45, 7) is 1.03. The van der Waals surface area contributed by atoms with Gasteiger partial charge in [0, 0.05) is 31.2 Å². The van der Waals surface area contributed by atoms with Crippen molar-refractivity contribution >= 4 is 21.6 Å². The van der Waals surface area contributed by atoms with Crippen LogP contribution in [0.1, 0.15) is 31.2 Å². The van der Waals surface area contributed by atoms with Crippen molar-refractivity contribution < 1.29 is 17.9 Å². The monoisotopic (exact) mass is 400 g/mol. The fourth-order valence-corrected chi connectivity index (χ4v) is 5.21. The van der Waals surface area contributed by atoms with Crippen LogP contribution >= 0.6 is 0 Å². The molecule has 6 nitrogen and oxygen atoms in total. The maximum atomic E-state index is 13.3. The molecular formula is C21H24N2O4S. The third-order valence-electron chi connectivity index (χ3n) is 5.28. The third-order valence-corrected chi connectivity index (χ3v) is 7.19. The van der Waals surface area contributed by atoms with E-state index in [1.54, 1.807) is 40.6 Å². The number of hydrogen-bond acceptors (Lipinski definition) is 4. The maximum absolute atomic E-state index is 13.3. The molecule has 2 fully saturated rings. The van der Waals surface area contributed by atoms with E-state index in [0.29, 0.717) is 19.5 Å². The standard InChI is InChI=1S/C21H24N2O4S/c1-27-19-10-4-16(5-11-19)15-23(18-6-7-18)28(25,26)20-12-8-17(9-13-20)22-14-2-3-21(22)24/h4-5,8-13,18H,2-3,6-7,14-15H2,1H3. The molecule has 0 unspecified atom stereocenters. The van der Waals surface area contributed by atoms with Crippen LogP contribution in [0.2, 0.25) is 0 Å². The van der Waals surface area contributed by atoms with Gasteiger partial charge in [-0.25, -0.2) is 8.42 Å². The van der Waals surface area contributed by atoms with Gasteiger partial charge in [-0.2, -0.15) is 4.31 Å². The average molecular weight is 401 g/mol. The predicted molar refractivity (Wildman–Crippen MR) is 107 cm³/mol. The van der Waals surface area contributed by atoms with Crippen molar-refractivity contribution in [3.63, 3.8) is 0 Å². The average Bonchev–Trinajstić information content (AvgIpc) is 3.46. The molecule has 148 valence electrons. The maximum Gasteiger partial charge on any atom is 0.243 e. The van der Waals surface area contributed by atoms with Crippen LogP contribution in [0.25, 0.3) is 0 Å². The van der Waals surface area contributed by atoms with Crippen molar-refractivity contribution in [2.45, 2.75) is 43.2 Å². The van der Waals surface area contributed by atoms with Gasteiger partial charge in [-0.15, -0.1) is 0 Å². The van der Waals surface area contributed by atoms with Gasteiger partial charge < -0.3 is 9.64 Å². The zero-order chi connectivity index (χ0) is 19.7. The van der Waals surface area contributed by atoms with Crippen molar-refractivity contribution in [1.29, 1.82) is 0 Å². The Kier molecular flexibility index (Phi) is 5.12. The highest BCUT2D eigenvalue weighted by atomic mass is 32.2. The van der Waals surface area contributed by atoms with Crippen molar-refractivity contribution in [3.05, 3.63) is 54.1 Å². The van der Waals surface area contributed by atoms with Gasteiger partial charge in [-0.1, -0.05) is 12.1 Å². The van der Waals surface area contributed by atoms with Crippen LogP contribution in [0.3, 0.4) is 0 Å². The molecule has 2 aromatic rings. The lowest BCUT2D eigenvalue weighted by atomic mass is 10.2. The summed E-state index contributed by atoms with van der Waals surface area (Å²) in [4.78, 5) is 13.9. The van der Waals surface area contributed by atoms with Crippen LogP contribution in [0.15, 0.2) is 53.4 Å². The first-order valence-electron chi connectivity index (χ1n) is 9.54. The summed E-state index contributed by atoms with van der Waals surface area (Å²) in [6, 6.07) is 14.2. The number of rotatable bonds is 7. The van der Waals surface area contributed by atoms with E-state index in [2.05, 4.69) is 0 Å². The molecule has 0 bridgehead atoms. The Bertz CT molecular complexity index is 951. The Morgan fingerprint density at radius 2 is 1.75 bits per heavy atom. The highest BCUT2D eigenvalue weighted by Crippen LogP contribution is 2.34. The number of ether oxygens (including phenoxy) is 1. The van der Waals surface area contributed by atoms with E-state index in [-0.39, 0.29) is 16.8 Å². The zero-order valence-electron chi connectivity index (χ0n) is 15.9. The smallest absolute Gasteiger partial charge is 0.243 e. The van der Waals surface area contributed by atoms with Crippen LogP contribution in [0.5, 0.6) is 5.75 Å². The SMILES string of the molecule is COc1ccc(CN(C2CC2)S(=O)(=O)c2ccc(N3CCCC3=O)cc2)cc1. The molecule has 0 spiro atoms. The number of amides is 1. The zero-order valence-corrected chi connectivity index (χ0v) is 16.7. The van der Waals surface area contributed by atoms with Crippen molar-refractivity contribution in [2.24, 2.45) is 0 Å². The minimum atomic E-state index is -3.61. The van der Waals surface area contributed by atoms with Gasteiger partial charge in [0.15, 0.2) is 0 Å². The molecule has 1 saturated carbocycles. The molecule has 2 aliphatic rings. The Hall–Kier alpha value is -2.38. The van der Waals surface area contributed by atoms with Crippen LogP contribution in [0, 0.1) is 0 Å². The Labute approximate surface area is 165 Å². The highest BCUT2D eigenvalue weighted by Gasteiger charge is 2.38. The molecule has 1 heterocycles.